The number of hydrogen-bond acceptors (Lipinski definition) is 4. The maximum absolute atomic E-state index is 13.0. The van der Waals surface area contributed by atoms with Crippen LogP contribution in [0.4, 0.5) is 5.69 Å². The first-order valence-electron chi connectivity index (χ1n) is 9.72. The van der Waals surface area contributed by atoms with Gasteiger partial charge < -0.3 is 10.1 Å². The van der Waals surface area contributed by atoms with Crippen molar-refractivity contribution in [2.24, 2.45) is 0 Å². The third-order valence-corrected chi connectivity index (χ3v) is 7.30. The molecule has 0 aromatic heterocycles. The first-order valence-corrected chi connectivity index (χ1v) is 11.9. The molecule has 0 aliphatic carbocycles. The van der Waals surface area contributed by atoms with Crippen molar-refractivity contribution in [3.63, 3.8) is 0 Å². The molecular formula is C21H24Cl2N2O4S. The lowest BCUT2D eigenvalue weighted by Crippen LogP contribution is -2.35. The van der Waals surface area contributed by atoms with Gasteiger partial charge >= 0.3 is 0 Å². The Morgan fingerprint density at radius 1 is 1.07 bits per heavy atom. The zero-order chi connectivity index (χ0) is 21.7. The molecule has 0 bridgehead atoms. The number of hydrogen-bond donors (Lipinski definition) is 1. The Bertz CT molecular complexity index is 1000. The molecule has 162 valence electrons. The maximum atomic E-state index is 13.0. The highest BCUT2D eigenvalue weighted by Gasteiger charge is 2.26. The Morgan fingerprint density at radius 3 is 2.37 bits per heavy atom. The summed E-state index contributed by atoms with van der Waals surface area (Å²) in [5, 5.41) is 3.60. The molecule has 0 saturated carbocycles. The van der Waals surface area contributed by atoms with E-state index in [0.29, 0.717) is 46.6 Å². The molecule has 1 aliphatic rings. The number of piperidine rings is 1. The quantitative estimate of drug-likeness (QED) is 0.633. The van der Waals surface area contributed by atoms with Gasteiger partial charge in [-0.3, -0.25) is 4.79 Å². The van der Waals surface area contributed by atoms with Crippen LogP contribution in [0, 0.1) is 0 Å². The van der Waals surface area contributed by atoms with Gasteiger partial charge in [-0.1, -0.05) is 29.6 Å². The Kier molecular flexibility index (Phi) is 7.63. The molecule has 1 heterocycles. The molecule has 0 unspecified atom stereocenters. The van der Waals surface area contributed by atoms with Gasteiger partial charge in [0.2, 0.25) is 15.9 Å². The summed E-state index contributed by atoms with van der Waals surface area (Å²) < 4.78 is 32.8. The second kappa shape index (κ2) is 10.0. The molecule has 0 atom stereocenters. The van der Waals surface area contributed by atoms with Crippen molar-refractivity contribution in [2.45, 2.75) is 37.0 Å². The number of carbonyl (C=O) groups is 1. The van der Waals surface area contributed by atoms with Gasteiger partial charge in [-0.05, 0) is 61.2 Å². The third kappa shape index (κ3) is 5.66. The van der Waals surface area contributed by atoms with E-state index in [-0.39, 0.29) is 17.2 Å². The Labute approximate surface area is 187 Å². The summed E-state index contributed by atoms with van der Waals surface area (Å²) >= 11 is 11.9. The Morgan fingerprint density at radius 2 is 1.73 bits per heavy atom. The topological polar surface area (TPSA) is 75.7 Å². The van der Waals surface area contributed by atoms with Crippen LogP contribution in [0.2, 0.25) is 10.0 Å². The first-order chi connectivity index (χ1) is 14.3. The van der Waals surface area contributed by atoms with Crippen molar-refractivity contribution in [1.82, 2.24) is 4.31 Å². The zero-order valence-corrected chi connectivity index (χ0v) is 19.0. The lowest BCUT2D eigenvalue weighted by Gasteiger charge is -2.26. The van der Waals surface area contributed by atoms with Crippen LogP contribution in [0.25, 0.3) is 0 Å². The van der Waals surface area contributed by atoms with E-state index in [1.165, 1.54) is 11.4 Å². The van der Waals surface area contributed by atoms with Crippen molar-refractivity contribution in [2.75, 3.05) is 25.5 Å². The fourth-order valence-corrected chi connectivity index (χ4v) is 5.56. The molecule has 0 radical (unpaired) electrons. The number of rotatable bonds is 7. The SMILES string of the molecule is COc1ccc(S(=O)(=O)N2CCCCC2)cc1CCC(=O)Nc1cc(Cl)cc(Cl)c1. The van der Waals surface area contributed by atoms with Gasteiger partial charge in [0.15, 0.2) is 0 Å². The molecule has 1 fully saturated rings. The molecule has 3 rings (SSSR count). The molecule has 30 heavy (non-hydrogen) atoms. The number of amides is 1. The predicted molar refractivity (Wildman–Crippen MR) is 119 cm³/mol. The minimum Gasteiger partial charge on any atom is -0.496 e. The highest BCUT2D eigenvalue weighted by molar-refractivity contribution is 7.89. The third-order valence-electron chi connectivity index (χ3n) is 4.97. The second-order valence-electron chi connectivity index (χ2n) is 7.14. The van der Waals surface area contributed by atoms with Crippen LogP contribution in [0.3, 0.4) is 0 Å². The normalized spacial score (nSPS) is 15.0. The van der Waals surface area contributed by atoms with Crippen LogP contribution in [0.1, 0.15) is 31.2 Å². The number of sulfonamides is 1. The number of benzene rings is 2. The van der Waals surface area contributed by atoms with E-state index in [4.69, 9.17) is 27.9 Å². The largest absolute Gasteiger partial charge is 0.496 e. The molecule has 1 aliphatic heterocycles. The van der Waals surface area contributed by atoms with Gasteiger partial charge in [-0.2, -0.15) is 4.31 Å². The van der Waals surface area contributed by atoms with Crippen LogP contribution in [0.15, 0.2) is 41.3 Å². The lowest BCUT2D eigenvalue weighted by atomic mass is 10.1. The van der Waals surface area contributed by atoms with E-state index in [2.05, 4.69) is 5.32 Å². The van der Waals surface area contributed by atoms with Crippen molar-refractivity contribution in [3.8, 4) is 5.75 Å². The fourth-order valence-electron chi connectivity index (χ4n) is 3.46. The molecule has 1 saturated heterocycles. The van der Waals surface area contributed by atoms with E-state index >= 15 is 0 Å². The summed E-state index contributed by atoms with van der Waals surface area (Å²) in [6.45, 7) is 1.07. The summed E-state index contributed by atoms with van der Waals surface area (Å²) in [5.41, 5.74) is 1.17. The average Bonchev–Trinajstić information content (AvgIpc) is 2.72. The zero-order valence-electron chi connectivity index (χ0n) is 16.7. The monoisotopic (exact) mass is 470 g/mol. The average molecular weight is 471 g/mol. The smallest absolute Gasteiger partial charge is 0.243 e. The van der Waals surface area contributed by atoms with Crippen molar-refractivity contribution >= 4 is 44.8 Å². The Balaban J connectivity index is 1.73. The van der Waals surface area contributed by atoms with Gasteiger partial charge in [0.05, 0.1) is 12.0 Å². The summed E-state index contributed by atoms with van der Waals surface area (Å²) in [4.78, 5) is 12.6. The van der Waals surface area contributed by atoms with Crippen molar-refractivity contribution < 1.29 is 17.9 Å². The number of aryl methyl sites for hydroxylation is 1. The van der Waals surface area contributed by atoms with E-state index < -0.39 is 10.0 Å². The maximum Gasteiger partial charge on any atom is 0.243 e. The predicted octanol–water partition coefficient (Wildman–Crippen LogP) is 4.75. The number of anilines is 1. The molecule has 2 aromatic carbocycles. The minimum absolute atomic E-state index is 0.147. The van der Waals surface area contributed by atoms with E-state index in [1.807, 2.05) is 0 Å². The molecule has 2 aromatic rings. The van der Waals surface area contributed by atoms with Crippen molar-refractivity contribution in [1.29, 1.82) is 0 Å². The number of nitrogens with one attached hydrogen (secondary N) is 1. The summed E-state index contributed by atoms with van der Waals surface area (Å²) in [7, 11) is -2.04. The van der Waals surface area contributed by atoms with Gasteiger partial charge in [0.1, 0.15) is 5.75 Å². The highest BCUT2D eigenvalue weighted by Crippen LogP contribution is 2.28. The van der Waals surface area contributed by atoms with Crippen molar-refractivity contribution in [3.05, 3.63) is 52.0 Å². The van der Waals surface area contributed by atoms with Crippen LogP contribution in [-0.4, -0.2) is 38.8 Å². The number of methoxy groups -OCH3 is 1. The molecule has 6 nitrogen and oxygen atoms in total. The summed E-state index contributed by atoms with van der Waals surface area (Å²) in [6, 6.07) is 9.60. The fraction of sp³-hybridized carbons (Fsp3) is 0.381. The van der Waals surface area contributed by atoms with Gasteiger partial charge in [-0.15, -0.1) is 0 Å². The van der Waals surface area contributed by atoms with Gasteiger partial charge in [0.25, 0.3) is 0 Å². The van der Waals surface area contributed by atoms with E-state index in [9.17, 15) is 13.2 Å². The number of ether oxygens (including phenoxy) is 1. The highest BCUT2D eigenvalue weighted by atomic mass is 35.5. The number of nitrogens with zero attached hydrogens (tertiary/aromatic N) is 1. The van der Waals surface area contributed by atoms with E-state index in [1.54, 1.807) is 36.4 Å². The van der Waals surface area contributed by atoms with Crippen LogP contribution < -0.4 is 10.1 Å². The van der Waals surface area contributed by atoms with E-state index in [0.717, 1.165) is 19.3 Å². The molecule has 0 spiro atoms. The van der Waals surface area contributed by atoms with Crippen LogP contribution in [-0.2, 0) is 21.2 Å². The van der Waals surface area contributed by atoms with Crippen LogP contribution in [0.5, 0.6) is 5.75 Å². The standard InChI is InChI=1S/C21H24Cl2N2O4S/c1-29-20-7-6-19(30(27,28)25-9-3-2-4-10-25)11-15(20)5-8-21(26)24-18-13-16(22)12-17(23)14-18/h6-7,11-14H,2-5,8-10H2,1H3,(H,24,26). The number of halogens is 2. The molecule has 1 amide bonds. The second-order valence-corrected chi connectivity index (χ2v) is 9.96. The molecule has 1 N–H and O–H groups in total. The summed E-state index contributed by atoms with van der Waals surface area (Å²) in [5.74, 6) is 0.311. The Hall–Kier alpha value is -1.80. The minimum atomic E-state index is -3.56. The summed E-state index contributed by atoms with van der Waals surface area (Å²) in [6.07, 6.45) is 3.26. The first kappa shape index (κ1) is 22.9. The van der Waals surface area contributed by atoms with Crippen LogP contribution >= 0.6 is 23.2 Å². The van der Waals surface area contributed by atoms with Gasteiger partial charge in [-0.25, -0.2) is 8.42 Å². The molecular weight excluding hydrogens is 447 g/mol. The lowest BCUT2D eigenvalue weighted by molar-refractivity contribution is -0.116. The number of carbonyl (C=O) groups excluding carboxylic acids is 1. The molecule has 9 heteroatoms. The van der Waals surface area contributed by atoms with Gasteiger partial charge in [0, 0.05) is 35.2 Å².